The van der Waals surface area contributed by atoms with Crippen LogP contribution in [-0.2, 0) is 6.42 Å². The third-order valence-electron chi connectivity index (χ3n) is 2.61. The highest BCUT2D eigenvalue weighted by atomic mass is 79.9. The Balaban J connectivity index is 2.29. The number of aromatic nitrogens is 1. The van der Waals surface area contributed by atoms with E-state index in [4.69, 9.17) is 10.5 Å². The molecule has 0 unspecified atom stereocenters. The summed E-state index contributed by atoms with van der Waals surface area (Å²) in [7, 11) is 1.66. The maximum Gasteiger partial charge on any atom is 0.141 e. The Labute approximate surface area is 91.8 Å². The van der Waals surface area contributed by atoms with Gasteiger partial charge in [-0.15, -0.1) is 0 Å². The Morgan fingerprint density at radius 2 is 2.29 bits per heavy atom. The van der Waals surface area contributed by atoms with Gasteiger partial charge in [-0.25, -0.2) is 0 Å². The van der Waals surface area contributed by atoms with Crippen LogP contribution in [0, 0.1) is 0 Å². The van der Waals surface area contributed by atoms with E-state index >= 15 is 0 Å². The predicted octanol–water partition coefficient (Wildman–Crippen LogP) is 1.89. The average Bonchev–Trinajstić information content (AvgIpc) is 2.88. The van der Waals surface area contributed by atoms with Crippen molar-refractivity contribution in [2.75, 3.05) is 7.11 Å². The number of rotatable bonds is 3. The van der Waals surface area contributed by atoms with Gasteiger partial charge in [-0.1, -0.05) is 0 Å². The molecule has 1 aromatic heterocycles. The summed E-state index contributed by atoms with van der Waals surface area (Å²) in [4.78, 5) is 4.05. The van der Waals surface area contributed by atoms with Gasteiger partial charge in [0.2, 0.25) is 0 Å². The van der Waals surface area contributed by atoms with Crippen molar-refractivity contribution >= 4 is 15.9 Å². The second kappa shape index (κ2) is 3.51. The van der Waals surface area contributed by atoms with Gasteiger partial charge in [0.1, 0.15) is 5.75 Å². The van der Waals surface area contributed by atoms with E-state index in [-0.39, 0.29) is 5.54 Å². The van der Waals surface area contributed by atoms with Crippen molar-refractivity contribution in [2.45, 2.75) is 24.8 Å². The lowest BCUT2D eigenvalue weighted by atomic mass is 10.1. The molecule has 1 saturated carbocycles. The summed E-state index contributed by atoms with van der Waals surface area (Å²) in [5, 5.41) is 0. The molecule has 0 radical (unpaired) electrons. The van der Waals surface area contributed by atoms with Gasteiger partial charge in [0, 0.05) is 21.8 Å². The summed E-state index contributed by atoms with van der Waals surface area (Å²) >= 11 is 3.47. The standard InChI is InChI=1S/C10H13BrN2O/c1-14-9-6-13-5-8(11)7(9)4-10(12)2-3-10/h5-6H,2-4,12H2,1H3. The topological polar surface area (TPSA) is 48.1 Å². The molecule has 2 N–H and O–H groups in total. The largest absolute Gasteiger partial charge is 0.495 e. The Bertz CT molecular complexity index is 350. The summed E-state index contributed by atoms with van der Waals surface area (Å²) in [5.41, 5.74) is 7.20. The molecule has 1 fully saturated rings. The lowest BCUT2D eigenvalue weighted by Gasteiger charge is -2.13. The first-order chi connectivity index (χ1) is 6.64. The van der Waals surface area contributed by atoms with Gasteiger partial charge in [-0.05, 0) is 35.2 Å². The summed E-state index contributed by atoms with van der Waals surface area (Å²) in [6, 6.07) is 0. The van der Waals surface area contributed by atoms with Crippen LogP contribution < -0.4 is 10.5 Å². The normalized spacial score (nSPS) is 17.9. The van der Waals surface area contributed by atoms with Crippen molar-refractivity contribution in [1.82, 2.24) is 4.98 Å². The van der Waals surface area contributed by atoms with Crippen molar-refractivity contribution in [3.63, 3.8) is 0 Å². The molecule has 0 aromatic carbocycles. The Kier molecular flexibility index (Phi) is 2.49. The van der Waals surface area contributed by atoms with Crippen molar-refractivity contribution in [2.24, 2.45) is 5.73 Å². The molecule has 0 atom stereocenters. The quantitative estimate of drug-likeness (QED) is 0.899. The molecule has 14 heavy (non-hydrogen) atoms. The number of ether oxygens (including phenoxy) is 1. The first-order valence-corrected chi connectivity index (χ1v) is 5.39. The van der Waals surface area contributed by atoms with E-state index in [0.29, 0.717) is 0 Å². The molecule has 3 nitrogen and oxygen atoms in total. The fourth-order valence-corrected chi connectivity index (χ4v) is 1.93. The van der Waals surface area contributed by atoms with Crippen LogP contribution in [0.15, 0.2) is 16.9 Å². The zero-order chi connectivity index (χ0) is 10.2. The summed E-state index contributed by atoms with van der Waals surface area (Å²) in [5.74, 6) is 0.816. The Morgan fingerprint density at radius 3 is 2.86 bits per heavy atom. The highest BCUT2D eigenvalue weighted by Crippen LogP contribution is 2.39. The molecule has 0 amide bonds. The van der Waals surface area contributed by atoms with E-state index in [0.717, 1.165) is 35.0 Å². The van der Waals surface area contributed by atoms with E-state index in [2.05, 4.69) is 20.9 Å². The second-order valence-electron chi connectivity index (χ2n) is 3.84. The molecule has 0 bridgehead atoms. The van der Waals surface area contributed by atoms with Gasteiger partial charge < -0.3 is 10.5 Å². The fourth-order valence-electron chi connectivity index (χ4n) is 1.48. The number of halogens is 1. The first kappa shape index (κ1) is 9.93. The molecule has 1 aliphatic carbocycles. The highest BCUT2D eigenvalue weighted by Gasteiger charge is 2.39. The van der Waals surface area contributed by atoms with E-state index < -0.39 is 0 Å². The van der Waals surface area contributed by atoms with Gasteiger partial charge in [-0.2, -0.15) is 0 Å². The van der Waals surface area contributed by atoms with Crippen molar-refractivity contribution in [1.29, 1.82) is 0 Å². The van der Waals surface area contributed by atoms with Crippen LogP contribution in [0.1, 0.15) is 18.4 Å². The molecule has 1 heterocycles. The van der Waals surface area contributed by atoms with Crippen LogP contribution >= 0.6 is 15.9 Å². The van der Waals surface area contributed by atoms with Crippen LogP contribution in [0.2, 0.25) is 0 Å². The molecule has 76 valence electrons. The lowest BCUT2D eigenvalue weighted by molar-refractivity contribution is 0.405. The maximum atomic E-state index is 6.07. The molecule has 0 aliphatic heterocycles. The van der Waals surface area contributed by atoms with Gasteiger partial charge in [0.05, 0.1) is 13.3 Å². The third-order valence-corrected chi connectivity index (χ3v) is 3.29. The lowest BCUT2D eigenvalue weighted by Crippen LogP contribution is -2.25. The zero-order valence-electron chi connectivity index (χ0n) is 8.09. The molecule has 4 heteroatoms. The molecule has 1 aromatic rings. The van der Waals surface area contributed by atoms with Crippen LogP contribution in [-0.4, -0.2) is 17.6 Å². The van der Waals surface area contributed by atoms with E-state index in [1.54, 1.807) is 19.5 Å². The summed E-state index contributed by atoms with van der Waals surface area (Å²) < 4.78 is 6.23. The smallest absolute Gasteiger partial charge is 0.141 e. The van der Waals surface area contributed by atoms with E-state index in [9.17, 15) is 0 Å². The number of hydrogen-bond acceptors (Lipinski definition) is 3. The van der Waals surface area contributed by atoms with Gasteiger partial charge in [-0.3, -0.25) is 4.98 Å². The molecular weight excluding hydrogens is 244 g/mol. The fraction of sp³-hybridized carbons (Fsp3) is 0.500. The predicted molar refractivity (Wildman–Crippen MR) is 58.3 cm³/mol. The molecule has 1 aliphatic rings. The van der Waals surface area contributed by atoms with Crippen LogP contribution in [0.4, 0.5) is 0 Å². The van der Waals surface area contributed by atoms with Gasteiger partial charge in [0.25, 0.3) is 0 Å². The second-order valence-corrected chi connectivity index (χ2v) is 4.70. The summed E-state index contributed by atoms with van der Waals surface area (Å²) in [6.45, 7) is 0. The summed E-state index contributed by atoms with van der Waals surface area (Å²) in [6.07, 6.45) is 6.57. The molecule has 2 rings (SSSR count). The number of hydrogen-bond donors (Lipinski definition) is 1. The minimum Gasteiger partial charge on any atom is -0.495 e. The van der Waals surface area contributed by atoms with Gasteiger partial charge >= 0.3 is 0 Å². The van der Waals surface area contributed by atoms with E-state index in [1.807, 2.05) is 0 Å². The van der Waals surface area contributed by atoms with Crippen molar-refractivity contribution in [3.05, 3.63) is 22.4 Å². The number of nitrogens with zero attached hydrogens (tertiary/aromatic N) is 1. The van der Waals surface area contributed by atoms with Crippen LogP contribution in [0.5, 0.6) is 5.75 Å². The molecule has 0 saturated heterocycles. The highest BCUT2D eigenvalue weighted by molar-refractivity contribution is 9.10. The zero-order valence-corrected chi connectivity index (χ0v) is 9.67. The van der Waals surface area contributed by atoms with Crippen LogP contribution in [0.3, 0.4) is 0 Å². The minimum atomic E-state index is -0.00282. The van der Waals surface area contributed by atoms with Crippen molar-refractivity contribution in [3.8, 4) is 5.75 Å². The van der Waals surface area contributed by atoms with Crippen molar-refractivity contribution < 1.29 is 4.74 Å². The number of methoxy groups -OCH3 is 1. The number of pyridine rings is 1. The minimum absolute atomic E-state index is 0.00282. The SMILES string of the molecule is COc1cncc(Br)c1CC1(N)CC1. The maximum absolute atomic E-state index is 6.07. The average molecular weight is 257 g/mol. The number of nitrogens with two attached hydrogens (primary N) is 1. The first-order valence-electron chi connectivity index (χ1n) is 4.60. The molecule has 0 spiro atoms. The molecular formula is C10H13BrN2O. The Hall–Kier alpha value is -0.610. The van der Waals surface area contributed by atoms with Crippen LogP contribution in [0.25, 0.3) is 0 Å². The third kappa shape index (κ3) is 1.91. The van der Waals surface area contributed by atoms with Gasteiger partial charge in [0.15, 0.2) is 0 Å². The Morgan fingerprint density at radius 1 is 1.57 bits per heavy atom. The van der Waals surface area contributed by atoms with E-state index in [1.165, 1.54) is 0 Å². The monoisotopic (exact) mass is 256 g/mol.